The van der Waals surface area contributed by atoms with Gasteiger partial charge in [-0.1, -0.05) is 0 Å². The zero-order valence-corrected chi connectivity index (χ0v) is 14.4. The first kappa shape index (κ1) is 16.6. The summed E-state index contributed by atoms with van der Waals surface area (Å²) < 4.78 is 15.7. The Labute approximate surface area is 155 Å². The average molecular weight is 364 g/mol. The van der Waals surface area contributed by atoms with E-state index in [1.165, 1.54) is 6.20 Å². The van der Waals surface area contributed by atoms with E-state index in [9.17, 15) is 4.79 Å². The van der Waals surface area contributed by atoms with Gasteiger partial charge in [-0.25, -0.2) is 9.97 Å². The van der Waals surface area contributed by atoms with Crippen LogP contribution in [0.25, 0.3) is 0 Å². The molecule has 27 heavy (non-hydrogen) atoms. The van der Waals surface area contributed by atoms with Crippen molar-refractivity contribution in [3.05, 3.63) is 60.4 Å². The molecular formula is C19H16N4O4. The Morgan fingerprint density at radius 3 is 2.63 bits per heavy atom. The van der Waals surface area contributed by atoms with Gasteiger partial charge in [0.15, 0.2) is 11.5 Å². The summed E-state index contributed by atoms with van der Waals surface area (Å²) in [6.07, 6.45) is 1.52. The van der Waals surface area contributed by atoms with Crippen LogP contribution in [0.15, 0.2) is 54.7 Å². The molecule has 0 radical (unpaired) electrons. The van der Waals surface area contributed by atoms with Crippen molar-refractivity contribution in [2.24, 2.45) is 0 Å². The molecule has 0 bridgehead atoms. The van der Waals surface area contributed by atoms with Crippen LogP contribution in [0.5, 0.6) is 17.2 Å². The molecule has 8 heteroatoms. The predicted octanol–water partition coefficient (Wildman–Crippen LogP) is 3.21. The Bertz CT molecular complexity index is 976. The van der Waals surface area contributed by atoms with Crippen LogP contribution < -0.4 is 24.8 Å². The fourth-order valence-corrected chi connectivity index (χ4v) is 2.52. The quantitative estimate of drug-likeness (QED) is 0.718. The van der Waals surface area contributed by atoms with Crippen molar-refractivity contribution in [3.63, 3.8) is 0 Å². The van der Waals surface area contributed by atoms with Crippen molar-refractivity contribution in [1.29, 1.82) is 0 Å². The van der Waals surface area contributed by atoms with E-state index < -0.39 is 0 Å². The highest BCUT2D eigenvalue weighted by atomic mass is 16.7. The van der Waals surface area contributed by atoms with Crippen LogP contribution in [-0.2, 0) is 0 Å². The molecule has 3 aromatic rings. The van der Waals surface area contributed by atoms with Crippen molar-refractivity contribution in [2.75, 3.05) is 24.5 Å². The summed E-state index contributed by atoms with van der Waals surface area (Å²) in [6, 6.07) is 14.0. The molecule has 0 saturated carbocycles. The first-order valence-electron chi connectivity index (χ1n) is 8.16. The van der Waals surface area contributed by atoms with E-state index in [1.54, 1.807) is 31.4 Å². The smallest absolute Gasteiger partial charge is 0.274 e. The number of ether oxygens (including phenoxy) is 3. The zero-order valence-electron chi connectivity index (χ0n) is 14.4. The van der Waals surface area contributed by atoms with E-state index in [1.807, 2.05) is 24.3 Å². The zero-order chi connectivity index (χ0) is 18.6. The second kappa shape index (κ2) is 7.20. The van der Waals surface area contributed by atoms with Crippen molar-refractivity contribution in [1.82, 2.24) is 9.97 Å². The van der Waals surface area contributed by atoms with Gasteiger partial charge < -0.3 is 24.8 Å². The van der Waals surface area contributed by atoms with Gasteiger partial charge in [-0.3, -0.25) is 4.79 Å². The van der Waals surface area contributed by atoms with E-state index in [-0.39, 0.29) is 18.4 Å². The monoisotopic (exact) mass is 364 g/mol. The summed E-state index contributed by atoms with van der Waals surface area (Å²) in [5.74, 6) is 1.96. The number of anilines is 3. The normalized spacial score (nSPS) is 11.7. The van der Waals surface area contributed by atoms with Crippen LogP contribution in [0, 0.1) is 0 Å². The summed E-state index contributed by atoms with van der Waals surface area (Å²) in [6.45, 7) is 0.180. The van der Waals surface area contributed by atoms with Gasteiger partial charge in [0, 0.05) is 23.6 Å². The summed E-state index contributed by atoms with van der Waals surface area (Å²) in [4.78, 5) is 20.9. The molecule has 0 spiro atoms. The van der Waals surface area contributed by atoms with E-state index >= 15 is 0 Å². The lowest BCUT2D eigenvalue weighted by atomic mass is 10.2. The number of carbonyl (C=O) groups excluding carboxylic acids is 1. The average Bonchev–Trinajstić information content (AvgIpc) is 3.16. The van der Waals surface area contributed by atoms with Gasteiger partial charge in [-0.15, -0.1) is 0 Å². The molecule has 1 amide bonds. The number of hydrogen-bond acceptors (Lipinski definition) is 7. The molecule has 0 fully saturated rings. The molecule has 136 valence electrons. The summed E-state index contributed by atoms with van der Waals surface area (Å²) >= 11 is 0. The molecule has 0 aliphatic carbocycles. The second-order valence-corrected chi connectivity index (χ2v) is 5.64. The third kappa shape index (κ3) is 3.74. The van der Waals surface area contributed by atoms with Crippen molar-refractivity contribution in [3.8, 4) is 17.2 Å². The second-order valence-electron chi connectivity index (χ2n) is 5.64. The van der Waals surface area contributed by atoms with Crippen LogP contribution >= 0.6 is 0 Å². The number of hydrogen-bond donors (Lipinski definition) is 2. The summed E-state index contributed by atoms with van der Waals surface area (Å²) in [7, 11) is 1.60. The molecule has 1 aliphatic heterocycles. The minimum Gasteiger partial charge on any atom is -0.497 e. The molecule has 2 heterocycles. The molecule has 2 N–H and O–H groups in total. The maximum absolute atomic E-state index is 12.5. The maximum atomic E-state index is 12.5. The fraction of sp³-hybridized carbons (Fsp3) is 0.105. The largest absolute Gasteiger partial charge is 0.497 e. The van der Waals surface area contributed by atoms with E-state index in [0.717, 1.165) is 11.4 Å². The number of nitrogens with one attached hydrogen (secondary N) is 2. The minimum absolute atomic E-state index is 0.180. The highest BCUT2D eigenvalue weighted by molar-refractivity contribution is 6.03. The van der Waals surface area contributed by atoms with Crippen LogP contribution in [-0.4, -0.2) is 29.8 Å². The number of amides is 1. The lowest BCUT2D eigenvalue weighted by Gasteiger charge is -2.08. The highest BCUT2D eigenvalue weighted by Gasteiger charge is 2.15. The number of fused-ring (bicyclic) bond motifs is 1. The predicted molar refractivity (Wildman–Crippen MR) is 98.8 cm³/mol. The van der Waals surface area contributed by atoms with Crippen LogP contribution in [0.4, 0.5) is 17.3 Å². The van der Waals surface area contributed by atoms with Crippen molar-refractivity contribution < 1.29 is 19.0 Å². The third-order valence-corrected chi connectivity index (χ3v) is 3.86. The molecule has 8 nitrogen and oxygen atoms in total. The van der Waals surface area contributed by atoms with Crippen LogP contribution in [0.1, 0.15) is 10.5 Å². The minimum atomic E-state index is -0.353. The Balaban J connectivity index is 1.47. The molecule has 0 atom stereocenters. The first-order chi connectivity index (χ1) is 13.2. The fourth-order valence-electron chi connectivity index (χ4n) is 2.52. The van der Waals surface area contributed by atoms with Gasteiger partial charge in [0.1, 0.15) is 11.4 Å². The molecule has 0 saturated heterocycles. The Kier molecular flexibility index (Phi) is 4.44. The Morgan fingerprint density at radius 1 is 1.04 bits per heavy atom. The summed E-state index contributed by atoms with van der Waals surface area (Å²) in [5, 5.41) is 5.84. The Morgan fingerprint density at radius 2 is 1.81 bits per heavy atom. The molecule has 4 rings (SSSR count). The number of methoxy groups -OCH3 is 1. The van der Waals surface area contributed by atoms with Crippen LogP contribution in [0.2, 0.25) is 0 Å². The van der Waals surface area contributed by atoms with E-state index in [0.29, 0.717) is 23.1 Å². The topological polar surface area (TPSA) is 94.6 Å². The van der Waals surface area contributed by atoms with Gasteiger partial charge >= 0.3 is 0 Å². The van der Waals surface area contributed by atoms with Gasteiger partial charge in [0.05, 0.1) is 7.11 Å². The molecular weight excluding hydrogens is 348 g/mol. The first-order valence-corrected chi connectivity index (χ1v) is 8.16. The number of rotatable bonds is 5. The van der Waals surface area contributed by atoms with Gasteiger partial charge in [0.25, 0.3) is 5.91 Å². The van der Waals surface area contributed by atoms with Gasteiger partial charge in [-0.2, -0.15) is 0 Å². The summed E-state index contributed by atoms with van der Waals surface area (Å²) in [5.41, 5.74) is 1.61. The molecule has 2 aromatic carbocycles. The molecule has 1 aromatic heterocycles. The standard InChI is InChI=1S/C19H16N4O4/c1-25-14-5-2-12(3-6-14)22-19-20-9-8-15(23-19)18(24)21-13-4-7-16-17(10-13)27-11-26-16/h2-10H,11H2,1H3,(H,21,24)(H,20,22,23). The number of benzene rings is 2. The highest BCUT2D eigenvalue weighted by Crippen LogP contribution is 2.34. The van der Waals surface area contributed by atoms with E-state index in [2.05, 4.69) is 20.6 Å². The Hall–Kier alpha value is -3.81. The van der Waals surface area contributed by atoms with Crippen LogP contribution in [0.3, 0.4) is 0 Å². The van der Waals surface area contributed by atoms with Gasteiger partial charge in [-0.05, 0) is 42.5 Å². The van der Waals surface area contributed by atoms with Gasteiger partial charge in [0.2, 0.25) is 12.7 Å². The van der Waals surface area contributed by atoms with Crippen molar-refractivity contribution >= 4 is 23.2 Å². The molecule has 1 aliphatic rings. The lowest BCUT2D eigenvalue weighted by Crippen LogP contribution is -2.14. The maximum Gasteiger partial charge on any atom is 0.274 e. The number of carbonyl (C=O) groups is 1. The van der Waals surface area contributed by atoms with E-state index in [4.69, 9.17) is 14.2 Å². The third-order valence-electron chi connectivity index (χ3n) is 3.86. The molecule has 0 unspecified atom stereocenters. The van der Waals surface area contributed by atoms with Crippen molar-refractivity contribution in [2.45, 2.75) is 0 Å². The number of aromatic nitrogens is 2. The number of nitrogens with zero attached hydrogens (tertiary/aromatic N) is 2. The SMILES string of the molecule is COc1ccc(Nc2nccc(C(=O)Nc3ccc4c(c3)OCO4)n2)cc1. The lowest BCUT2D eigenvalue weighted by molar-refractivity contribution is 0.102.